The molecule has 8 heteroatoms. The topological polar surface area (TPSA) is 119 Å². The van der Waals surface area contributed by atoms with Crippen LogP contribution in [0.4, 0.5) is 0 Å². The summed E-state index contributed by atoms with van der Waals surface area (Å²) in [5.74, 6) is -0.613. The first-order valence-electron chi connectivity index (χ1n) is 11.6. The molecule has 2 aliphatic rings. The van der Waals surface area contributed by atoms with Crippen molar-refractivity contribution in [2.75, 3.05) is 13.6 Å². The van der Waals surface area contributed by atoms with Crippen LogP contribution in [0.25, 0.3) is 0 Å². The summed E-state index contributed by atoms with van der Waals surface area (Å²) in [6.07, 6.45) is 7.62. The summed E-state index contributed by atoms with van der Waals surface area (Å²) in [6.45, 7) is 6.63. The maximum absolute atomic E-state index is 12.9. The average molecular weight is 442 g/mol. The van der Waals surface area contributed by atoms with E-state index in [1.807, 2.05) is 6.92 Å². The highest BCUT2D eigenvalue weighted by Crippen LogP contribution is 2.55. The Kier molecular flexibility index (Phi) is 7.50. The number of aliphatic hydroxyl groups excluding tert-OH is 1. The summed E-state index contributed by atoms with van der Waals surface area (Å²) in [7, 11) is 1.72. The Hall–Kier alpha value is -2.53. The fraction of sp³-hybridized carbons (Fsp3) is 0.708. The standard InChI is InChI=1S/C24H35N5O3/c1-15(23(32)29(4)11-5-10-25)18-6-8-24(3)9-7-19(16(2)20(24)21(18)30)28-22(31)17-12-26-14-27-13-17/h12-16,18-21,30H,5-9,11H2,1-4H3,(H,28,31)/t15-,16+,18-,19-,20+,21-,24-/m0/s1. The van der Waals surface area contributed by atoms with Gasteiger partial charge in [0, 0.05) is 37.9 Å². The van der Waals surface area contributed by atoms with Crippen molar-refractivity contribution in [3.8, 4) is 6.07 Å². The van der Waals surface area contributed by atoms with Crippen molar-refractivity contribution in [3.05, 3.63) is 24.3 Å². The van der Waals surface area contributed by atoms with Crippen LogP contribution >= 0.6 is 0 Å². The number of aliphatic hydroxyl groups is 1. The molecule has 0 saturated heterocycles. The van der Waals surface area contributed by atoms with Crippen molar-refractivity contribution < 1.29 is 14.7 Å². The number of carbonyl (C=O) groups is 2. The predicted octanol–water partition coefficient (Wildman–Crippen LogP) is 2.41. The number of aromatic nitrogens is 2. The van der Waals surface area contributed by atoms with Gasteiger partial charge >= 0.3 is 0 Å². The fourth-order valence-corrected chi connectivity index (χ4v) is 6.02. The smallest absolute Gasteiger partial charge is 0.254 e. The molecule has 7 atom stereocenters. The summed E-state index contributed by atoms with van der Waals surface area (Å²) in [6, 6.07) is 2.02. The SMILES string of the molecule is C[C@H]1[C@@H]2[C@@H](O)[C@H]([C@H](C)C(=O)N(C)CCC#N)CC[C@@]2(C)CC[C@@H]1NC(=O)c1cncnc1. The number of nitrogens with one attached hydrogen (secondary N) is 1. The molecule has 2 aliphatic carbocycles. The molecule has 0 radical (unpaired) electrons. The summed E-state index contributed by atoms with van der Waals surface area (Å²) < 4.78 is 0. The van der Waals surface area contributed by atoms with Gasteiger partial charge in [-0.2, -0.15) is 5.26 Å². The molecule has 32 heavy (non-hydrogen) atoms. The summed E-state index contributed by atoms with van der Waals surface area (Å²) in [5.41, 5.74) is 0.414. The molecule has 2 amide bonds. The van der Waals surface area contributed by atoms with Crippen molar-refractivity contribution >= 4 is 11.8 Å². The third-order valence-corrected chi connectivity index (χ3v) is 7.99. The van der Waals surface area contributed by atoms with E-state index in [1.165, 1.54) is 18.7 Å². The minimum Gasteiger partial charge on any atom is -0.392 e. The number of hydrogen-bond donors (Lipinski definition) is 2. The molecule has 2 N–H and O–H groups in total. The van der Waals surface area contributed by atoms with E-state index in [-0.39, 0.29) is 46.9 Å². The molecule has 2 saturated carbocycles. The Morgan fingerprint density at radius 3 is 2.66 bits per heavy atom. The molecular formula is C24H35N5O3. The van der Waals surface area contributed by atoms with Gasteiger partial charge < -0.3 is 15.3 Å². The van der Waals surface area contributed by atoms with E-state index in [2.05, 4.69) is 35.2 Å². The Morgan fingerprint density at radius 1 is 1.34 bits per heavy atom. The average Bonchev–Trinajstić information content (AvgIpc) is 2.79. The highest BCUT2D eigenvalue weighted by Gasteiger charge is 2.54. The second-order valence-electron chi connectivity index (χ2n) is 9.93. The molecule has 0 aliphatic heterocycles. The molecule has 2 fully saturated rings. The second kappa shape index (κ2) is 9.95. The van der Waals surface area contributed by atoms with Crippen LogP contribution in [0.1, 0.15) is 63.2 Å². The van der Waals surface area contributed by atoms with Crippen molar-refractivity contribution in [2.45, 2.75) is 65.0 Å². The van der Waals surface area contributed by atoms with E-state index in [0.29, 0.717) is 18.5 Å². The van der Waals surface area contributed by atoms with Gasteiger partial charge in [0.2, 0.25) is 5.91 Å². The minimum absolute atomic E-state index is 0.00742. The molecule has 0 bridgehead atoms. The maximum atomic E-state index is 12.9. The zero-order valence-electron chi connectivity index (χ0n) is 19.5. The van der Waals surface area contributed by atoms with E-state index in [4.69, 9.17) is 5.26 Å². The number of nitriles is 1. The number of rotatable bonds is 6. The van der Waals surface area contributed by atoms with Crippen LogP contribution in [0.15, 0.2) is 18.7 Å². The molecule has 0 spiro atoms. The Labute approximate surface area is 190 Å². The van der Waals surface area contributed by atoms with Crippen LogP contribution in [0, 0.1) is 40.4 Å². The first-order valence-corrected chi connectivity index (χ1v) is 11.6. The van der Waals surface area contributed by atoms with Gasteiger partial charge in [0.15, 0.2) is 0 Å². The molecule has 0 aromatic carbocycles. The lowest BCUT2D eigenvalue weighted by molar-refractivity contribution is -0.149. The van der Waals surface area contributed by atoms with Crippen LogP contribution in [0.5, 0.6) is 0 Å². The van der Waals surface area contributed by atoms with Crippen LogP contribution in [-0.2, 0) is 4.79 Å². The second-order valence-corrected chi connectivity index (χ2v) is 9.93. The lowest BCUT2D eigenvalue weighted by Crippen LogP contribution is -2.58. The predicted molar refractivity (Wildman–Crippen MR) is 119 cm³/mol. The lowest BCUT2D eigenvalue weighted by Gasteiger charge is -2.56. The fourth-order valence-electron chi connectivity index (χ4n) is 6.02. The van der Waals surface area contributed by atoms with Gasteiger partial charge in [-0.3, -0.25) is 9.59 Å². The summed E-state index contributed by atoms with van der Waals surface area (Å²) in [4.78, 5) is 35.0. The molecule has 1 aromatic rings. The normalized spacial score (nSPS) is 32.8. The first-order chi connectivity index (χ1) is 15.2. The lowest BCUT2D eigenvalue weighted by atomic mass is 9.51. The van der Waals surface area contributed by atoms with Crippen LogP contribution < -0.4 is 5.32 Å². The highest BCUT2D eigenvalue weighted by atomic mass is 16.3. The van der Waals surface area contributed by atoms with E-state index in [1.54, 1.807) is 11.9 Å². The summed E-state index contributed by atoms with van der Waals surface area (Å²) >= 11 is 0. The van der Waals surface area contributed by atoms with Crippen molar-refractivity contribution in [1.82, 2.24) is 20.2 Å². The van der Waals surface area contributed by atoms with Gasteiger partial charge in [-0.25, -0.2) is 9.97 Å². The van der Waals surface area contributed by atoms with E-state index in [9.17, 15) is 14.7 Å². The molecule has 174 valence electrons. The van der Waals surface area contributed by atoms with Crippen molar-refractivity contribution in [2.24, 2.45) is 29.1 Å². The number of fused-ring (bicyclic) bond motifs is 1. The van der Waals surface area contributed by atoms with Gasteiger partial charge in [0.1, 0.15) is 6.33 Å². The summed E-state index contributed by atoms with van der Waals surface area (Å²) in [5, 5.41) is 23.4. The molecular weight excluding hydrogens is 406 g/mol. The molecule has 1 heterocycles. The molecule has 3 rings (SSSR count). The van der Waals surface area contributed by atoms with Gasteiger partial charge in [-0.1, -0.05) is 20.8 Å². The largest absolute Gasteiger partial charge is 0.392 e. The highest BCUT2D eigenvalue weighted by molar-refractivity contribution is 5.93. The number of carbonyl (C=O) groups excluding carboxylic acids is 2. The Morgan fingerprint density at radius 2 is 2.00 bits per heavy atom. The van der Waals surface area contributed by atoms with Crippen LogP contribution in [0.2, 0.25) is 0 Å². The van der Waals surface area contributed by atoms with Crippen LogP contribution in [-0.4, -0.2) is 57.5 Å². The monoisotopic (exact) mass is 441 g/mol. The maximum Gasteiger partial charge on any atom is 0.254 e. The Bertz CT molecular complexity index is 857. The third-order valence-electron chi connectivity index (χ3n) is 7.99. The van der Waals surface area contributed by atoms with E-state index >= 15 is 0 Å². The van der Waals surface area contributed by atoms with Crippen LogP contribution in [0.3, 0.4) is 0 Å². The minimum atomic E-state index is -0.619. The molecule has 1 aromatic heterocycles. The number of hydrogen-bond acceptors (Lipinski definition) is 6. The molecule has 8 nitrogen and oxygen atoms in total. The Balaban J connectivity index is 1.73. The third kappa shape index (κ3) is 4.78. The zero-order valence-corrected chi connectivity index (χ0v) is 19.5. The molecule has 0 unspecified atom stereocenters. The van der Waals surface area contributed by atoms with E-state index < -0.39 is 6.10 Å². The van der Waals surface area contributed by atoms with Crippen molar-refractivity contribution in [3.63, 3.8) is 0 Å². The van der Waals surface area contributed by atoms with Gasteiger partial charge in [-0.05, 0) is 48.9 Å². The number of nitrogens with zero attached hydrogens (tertiary/aromatic N) is 4. The zero-order chi connectivity index (χ0) is 23.5. The first kappa shape index (κ1) is 24.1. The van der Waals surface area contributed by atoms with Gasteiger partial charge in [0.25, 0.3) is 5.91 Å². The van der Waals surface area contributed by atoms with Gasteiger partial charge in [-0.15, -0.1) is 0 Å². The number of amides is 2. The van der Waals surface area contributed by atoms with Gasteiger partial charge in [0.05, 0.1) is 24.2 Å². The quantitative estimate of drug-likeness (QED) is 0.700. The van der Waals surface area contributed by atoms with Crippen molar-refractivity contribution in [1.29, 1.82) is 5.26 Å². The van der Waals surface area contributed by atoms with E-state index in [0.717, 1.165) is 25.7 Å².